The Morgan fingerprint density at radius 3 is 2.38 bits per heavy atom. The standard InChI is InChI=1S/C19H24ClN3O.C2H6/c20-17-12-16(11-15-3-8-22-19(24)18(15)17)23-9-4-14(5-10-23)13-1-6-21-7-2-13;1-2/h3,8,11-14,21H,1-2,4-7,9-10H2,(H,22,24);1-2H3. The maximum atomic E-state index is 11.9. The summed E-state index contributed by atoms with van der Waals surface area (Å²) in [6.45, 7) is 8.53. The van der Waals surface area contributed by atoms with Crippen molar-refractivity contribution in [2.75, 3.05) is 31.1 Å². The van der Waals surface area contributed by atoms with Gasteiger partial charge in [0, 0.05) is 25.0 Å². The number of aromatic nitrogens is 1. The monoisotopic (exact) mass is 375 g/mol. The summed E-state index contributed by atoms with van der Waals surface area (Å²) in [5.41, 5.74) is 1.02. The van der Waals surface area contributed by atoms with Crippen molar-refractivity contribution in [3.05, 3.63) is 39.8 Å². The molecule has 2 aromatic rings. The second-order valence-corrected chi connectivity index (χ2v) is 7.52. The molecule has 0 atom stereocenters. The van der Waals surface area contributed by atoms with Crippen LogP contribution in [-0.2, 0) is 0 Å². The smallest absolute Gasteiger partial charge is 0.257 e. The molecule has 2 fully saturated rings. The van der Waals surface area contributed by atoms with Crippen LogP contribution in [0.5, 0.6) is 0 Å². The molecule has 1 aromatic carbocycles. The molecule has 0 bridgehead atoms. The summed E-state index contributed by atoms with van der Waals surface area (Å²) in [5, 5.41) is 5.52. The van der Waals surface area contributed by atoms with Crippen molar-refractivity contribution in [1.29, 1.82) is 0 Å². The lowest BCUT2D eigenvalue weighted by atomic mass is 9.79. The molecule has 2 N–H and O–H groups in total. The minimum atomic E-state index is -0.117. The Morgan fingerprint density at radius 2 is 1.69 bits per heavy atom. The van der Waals surface area contributed by atoms with E-state index in [1.54, 1.807) is 6.20 Å². The fourth-order valence-electron chi connectivity index (χ4n) is 4.39. The Morgan fingerprint density at radius 1 is 1.04 bits per heavy atom. The predicted molar refractivity (Wildman–Crippen MR) is 111 cm³/mol. The van der Waals surface area contributed by atoms with Crippen molar-refractivity contribution in [1.82, 2.24) is 10.3 Å². The number of nitrogens with one attached hydrogen (secondary N) is 2. The number of anilines is 1. The molecule has 26 heavy (non-hydrogen) atoms. The first-order valence-corrected chi connectivity index (χ1v) is 10.4. The van der Waals surface area contributed by atoms with Gasteiger partial charge in [0.2, 0.25) is 0 Å². The fourth-order valence-corrected chi connectivity index (χ4v) is 4.70. The Bertz CT molecular complexity index is 774. The molecule has 2 saturated heterocycles. The van der Waals surface area contributed by atoms with Gasteiger partial charge >= 0.3 is 0 Å². The van der Waals surface area contributed by atoms with Gasteiger partial charge in [-0.1, -0.05) is 25.4 Å². The number of hydrogen-bond donors (Lipinski definition) is 2. The molecule has 4 nitrogen and oxygen atoms in total. The second-order valence-electron chi connectivity index (χ2n) is 7.11. The quantitative estimate of drug-likeness (QED) is 0.816. The average molecular weight is 376 g/mol. The largest absolute Gasteiger partial charge is 0.371 e. The summed E-state index contributed by atoms with van der Waals surface area (Å²) in [7, 11) is 0. The van der Waals surface area contributed by atoms with Gasteiger partial charge in [-0.15, -0.1) is 0 Å². The molecule has 0 radical (unpaired) electrons. The average Bonchev–Trinajstić information content (AvgIpc) is 2.70. The number of hydrogen-bond acceptors (Lipinski definition) is 3. The highest BCUT2D eigenvalue weighted by atomic mass is 35.5. The SMILES string of the molecule is CC.O=c1[nH]ccc2cc(N3CCC(C4CCNCC4)CC3)cc(Cl)c12. The summed E-state index contributed by atoms with van der Waals surface area (Å²) in [6.07, 6.45) is 6.87. The van der Waals surface area contributed by atoms with Crippen molar-refractivity contribution in [3.8, 4) is 0 Å². The molecule has 0 unspecified atom stereocenters. The minimum Gasteiger partial charge on any atom is -0.371 e. The van der Waals surface area contributed by atoms with E-state index in [1.807, 2.05) is 26.0 Å². The van der Waals surface area contributed by atoms with Crippen molar-refractivity contribution in [2.45, 2.75) is 39.5 Å². The van der Waals surface area contributed by atoms with Crippen LogP contribution in [0, 0.1) is 11.8 Å². The highest BCUT2D eigenvalue weighted by Crippen LogP contribution is 2.34. The lowest BCUT2D eigenvalue weighted by Crippen LogP contribution is -2.39. The van der Waals surface area contributed by atoms with Crippen LogP contribution >= 0.6 is 11.6 Å². The van der Waals surface area contributed by atoms with E-state index >= 15 is 0 Å². The third-order valence-corrected chi connectivity index (χ3v) is 6.06. The van der Waals surface area contributed by atoms with Gasteiger partial charge in [-0.3, -0.25) is 4.79 Å². The number of pyridine rings is 1. The molecule has 0 spiro atoms. The highest BCUT2D eigenvalue weighted by Gasteiger charge is 2.27. The van der Waals surface area contributed by atoms with E-state index < -0.39 is 0 Å². The summed E-state index contributed by atoms with van der Waals surface area (Å²) in [6, 6.07) is 5.97. The van der Waals surface area contributed by atoms with Crippen LogP contribution in [0.4, 0.5) is 5.69 Å². The van der Waals surface area contributed by atoms with Gasteiger partial charge in [0.1, 0.15) is 0 Å². The molecular formula is C21H30ClN3O. The minimum absolute atomic E-state index is 0.117. The zero-order chi connectivity index (χ0) is 18.5. The van der Waals surface area contributed by atoms with Crippen LogP contribution in [-0.4, -0.2) is 31.2 Å². The fraction of sp³-hybridized carbons (Fsp3) is 0.571. The number of fused-ring (bicyclic) bond motifs is 1. The van der Waals surface area contributed by atoms with E-state index in [0.717, 1.165) is 36.0 Å². The molecule has 3 heterocycles. The number of nitrogens with zero attached hydrogens (tertiary/aromatic N) is 1. The van der Waals surface area contributed by atoms with Gasteiger partial charge in [0.25, 0.3) is 5.56 Å². The van der Waals surface area contributed by atoms with E-state index in [2.05, 4.69) is 21.3 Å². The molecule has 1 aromatic heterocycles. The summed E-state index contributed by atoms with van der Waals surface area (Å²) in [4.78, 5) is 17.1. The maximum absolute atomic E-state index is 11.9. The van der Waals surface area contributed by atoms with Crippen molar-refractivity contribution in [3.63, 3.8) is 0 Å². The zero-order valence-corrected chi connectivity index (χ0v) is 16.6. The zero-order valence-electron chi connectivity index (χ0n) is 15.9. The number of aromatic amines is 1. The molecule has 0 saturated carbocycles. The van der Waals surface area contributed by atoms with Crippen LogP contribution in [0.3, 0.4) is 0 Å². The van der Waals surface area contributed by atoms with E-state index in [4.69, 9.17) is 11.6 Å². The van der Waals surface area contributed by atoms with E-state index in [9.17, 15) is 4.79 Å². The molecule has 0 aliphatic carbocycles. The van der Waals surface area contributed by atoms with Gasteiger partial charge in [-0.05, 0) is 74.2 Å². The second kappa shape index (κ2) is 8.92. The number of piperidine rings is 2. The number of benzene rings is 1. The normalized spacial score (nSPS) is 19.3. The van der Waals surface area contributed by atoms with Gasteiger partial charge in [-0.2, -0.15) is 0 Å². The molecule has 0 amide bonds. The van der Waals surface area contributed by atoms with E-state index in [-0.39, 0.29) is 5.56 Å². The third kappa shape index (κ3) is 4.07. The first-order valence-electron chi connectivity index (χ1n) is 9.99. The maximum Gasteiger partial charge on any atom is 0.257 e. The van der Waals surface area contributed by atoms with Crippen LogP contribution in [0.25, 0.3) is 10.8 Å². The first kappa shape index (κ1) is 19.2. The Hall–Kier alpha value is -1.52. The van der Waals surface area contributed by atoms with Gasteiger partial charge in [0.15, 0.2) is 0 Å². The molecule has 2 aliphatic rings. The van der Waals surface area contributed by atoms with Crippen molar-refractivity contribution < 1.29 is 0 Å². The number of rotatable bonds is 2. The third-order valence-electron chi connectivity index (χ3n) is 5.77. The predicted octanol–water partition coefficient (Wildman–Crippen LogP) is 4.42. The van der Waals surface area contributed by atoms with Crippen molar-refractivity contribution in [2.24, 2.45) is 11.8 Å². The van der Waals surface area contributed by atoms with E-state index in [1.165, 1.54) is 38.8 Å². The Kier molecular flexibility index (Phi) is 6.60. The van der Waals surface area contributed by atoms with Gasteiger partial charge in [-0.25, -0.2) is 0 Å². The molecule has 5 heteroatoms. The van der Waals surface area contributed by atoms with Gasteiger partial charge in [0.05, 0.1) is 10.4 Å². The molecule has 4 rings (SSSR count). The molecule has 2 aliphatic heterocycles. The Labute approximate surface area is 160 Å². The number of H-pyrrole nitrogens is 1. The Balaban J connectivity index is 0.000000948. The highest BCUT2D eigenvalue weighted by molar-refractivity contribution is 6.35. The lowest BCUT2D eigenvalue weighted by Gasteiger charge is -2.39. The van der Waals surface area contributed by atoms with Crippen LogP contribution in [0.2, 0.25) is 5.02 Å². The summed E-state index contributed by atoms with van der Waals surface area (Å²) < 4.78 is 0. The molecule has 142 valence electrons. The first-order chi connectivity index (χ1) is 12.7. The summed E-state index contributed by atoms with van der Waals surface area (Å²) >= 11 is 6.38. The van der Waals surface area contributed by atoms with Crippen molar-refractivity contribution >= 4 is 28.1 Å². The lowest BCUT2D eigenvalue weighted by molar-refractivity contribution is 0.222. The molecular weight excluding hydrogens is 346 g/mol. The van der Waals surface area contributed by atoms with Crippen LogP contribution in [0.1, 0.15) is 39.5 Å². The summed E-state index contributed by atoms with van der Waals surface area (Å²) in [5.74, 6) is 1.76. The van der Waals surface area contributed by atoms with Crippen LogP contribution < -0.4 is 15.8 Å². The van der Waals surface area contributed by atoms with Gasteiger partial charge < -0.3 is 15.2 Å². The van der Waals surface area contributed by atoms with Crippen LogP contribution in [0.15, 0.2) is 29.2 Å². The number of halogens is 1. The topological polar surface area (TPSA) is 48.1 Å². The van der Waals surface area contributed by atoms with E-state index in [0.29, 0.717) is 10.4 Å².